The number of aryl methyl sites for hydroxylation is 1. The quantitative estimate of drug-likeness (QED) is 0.641. The summed E-state index contributed by atoms with van der Waals surface area (Å²) in [5.74, 6) is 2.49. The van der Waals surface area contributed by atoms with E-state index in [1.54, 1.807) is 27.8 Å². The molecular formula is C19H20. The van der Waals surface area contributed by atoms with E-state index in [1.165, 1.54) is 38.5 Å². The maximum absolute atomic E-state index is 2.48. The molecule has 1 fully saturated rings. The highest BCUT2D eigenvalue weighted by atomic mass is 14.5. The maximum Gasteiger partial charge on any atom is 0.00972 e. The molecule has 0 aliphatic heterocycles. The Morgan fingerprint density at radius 2 is 1.89 bits per heavy atom. The van der Waals surface area contributed by atoms with Gasteiger partial charge in [-0.2, -0.15) is 0 Å². The first-order valence-electron chi connectivity index (χ1n) is 7.95. The number of benzene rings is 1. The first-order valence-corrected chi connectivity index (χ1v) is 7.95. The molecule has 0 nitrogen and oxygen atoms in total. The molecule has 0 N–H and O–H groups in total. The molecule has 0 amide bonds. The van der Waals surface area contributed by atoms with Crippen molar-refractivity contribution in [1.29, 1.82) is 0 Å². The molecule has 0 saturated heterocycles. The summed E-state index contributed by atoms with van der Waals surface area (Å²) in [5.41, 5.74) is 8.57. The van der Waals surface area contributed by atoms with E-state index in [9.17, 15) is 0 Å². The maximum atomic E-state index is 2.48. The van der Waals surface area contributed by atoms with Gasteiger partial charge in [0.05, 0.1) is 0 Å². The zero-order valence-electron chi connectivity index (χ0n) is 11.4. The van der Waals surface area contributed by atoms with Gasteiger partial charge in [0.15, 0.2) is 0 Å². The van der Waals surface area contributed by atoms with E-state index in [2.05, 4.69) is 30.4 Å². The van der Waals surface area contributed by atoms with Gasteiger partial charge in [-0.3, -0.25) is 0 Å². The summed E-state index contributed by atoms with van der Waals surface area (Å²) in [7, 11) is 0. The fourth-order valence-corrected chi connectivity index (χ4v) is 5.12. The van der Waals surface area contributed by atoms with E-state index in [0.717, 1.165) is 17.8 Å². The molecule has 96 valence electrons. The van der Waals surface area contributed by atoms with Crippen molar-refractivity contribution in [2.24, 2.45) is 11.8 Å². The second-order valence-corrected chi connectivity index (χ2v) is 6.74. The van der Waals surface area contributed by atoms with Gasteiger partial charge in [0, 0.05) is 11.8 Å². The van der Waals surface area contributed by atoms with Crippen LogP contribution in [0.1, 0.15) is 47.4 Å². The van der Waals surface area contributed by atoms with Gasteiger partial charge in [-0.25, -0.2) is 0 Å². The Hall–Kier alpha value is -1.30. The zero-order chi connectivity index (χ0) is 12.4. The number of hydrogen-bond acceptors (Lipinski definition) is 0. The van der Waals surface area contributed by atoms with Crippen molar-refractivity contribution in [3.8, 4) is 0 Å². The lowest BCUT2D eigenvalue weighted by atomic mass is 9.54. The monoisotopic (exact) mass is 248 g/mol. The Balaban J connectivity index is 1.65. The van der Waals surface area contributed by atoms with Gasteiger partial charge in [-0.1, -0.05) is 35.9 Å². The van der Waals surface area contributed by atoms with Gasteiger partial charge in [0.2, 0.25) is 0 Å². The molecule has 0 radical (unpaired) electrons. The van der Waals surface area contributed by atoms with Crippen molar-refractivity contribution in [2.75, 3.05) is 0 Å². The third kappa shape index (κ3) is 1.25. The van der Waals surface area contributed by atoms with E-state index >= 15 is 0 Å². The average molecular weight is 248 g/mol. The minimum absolute atomic E-state index is 0.774. The number of allylic oxidation sites excluding steroid dienone is 4. The van der Waals surface area contributed by atoms with Crippen LogP contribution in [-0.2, 0) is 19.3 Å². The molecular weight excluding hydrogens is 228 g/mol. The van der Waals surface area contributed by atoms with Crippen molar-refractivity contribution in [2.45, 2.75) is 44.4 Å². The lowest BCUT2D eigenvalue weighted by Gasteiger charge is -2.49. The zero-order valence-corrected chi connectivity index (χ0v) is 11.4. The summed E-state index contributed by atoms with van der Waals surface area (Å²) in [6.07, 6.45) is 15.3. The second kappa shape index (κ2) is 3.62. The molecule has 4 aliphatic carbocycles. The number of hydrogen-bond donors (Lipinski definition) is 0. The number of rotatable bonds is 0. The van der Waals surface area contributed by atoms with Crippen LogP contribution >= 0.6 is 0 Å². The highest BCUT2D eigenvalue weighted by Gasteiger charge is 2.48. The van der Waals surface area contributed by atoms with Crippen LogP contribution in [0.15, 0.2) is 35.9 Å². The summed E-state index contributed by atoms with van der Waals surface area (Å²) in [5, 5.41) is 0. The minimum Gasteiger partial charge on any atom is -0.0770 e. The normalized spacial score (nSPS) is 33.7. The van der Waals surface area contributed by atoms with Crippen LogP contribution in [0.3, 0.4) is 0 Å². The van der Waals surface area contributed by atoms with Gasteiger partial charge in [0.25, 0.3) is 0 Å². The van der Waals surface area contributed by atoms with E-state index < -0.39 is 0 Å². The second-order valence-electron chi connectivity index (χ2n) is 6.74. The van der Waals surface area contributed by atoms with Crippen molar-refractivity contribution in [3.05, 3.63) is 58.2 Å². The van der Waals surface area contributed by atoms with Gasteiger partial charge in [0.1, 0.15) is 0 Å². The molecule has 1 aromatic carbocycles. The van der Waals surface area contributed by atoms with Crippen molar-refractivity contribution >= 4 is 0 Å². The first kappa shape index (κ1) is 10.5. The van der Waals surface area contributed by atoms with Gasteiger partial charge < -0.3 is 0 Å². The van der Waals surface area contributed by atoms with Crippen LogP contribution in [0, 0.1) is 11.8 Å². The molecule has 3 atom stereocenters. The van der Waals surface area contributed by atoms with Crippen molar-refractivity contribution < 1.29 is 0 Å². The van der Waals surface area contributed by atoms with Crippen LogP contribution < -0.4 is 0 Å². The molecule has 3 unspecified atom stereocenters. The Morgan fingerprint density at radius 1 is 0.947 bits per heavy atom. The molecule has 1 aromatic rings. The van der Waals surface area contributed by atoms with Crippen LogP contribution in [0.2, 0.25) is 0 Å². The van der Waals surface area contributed by atoms with Crippen LogP contribution in [0.25, 0.3) is 0 Å². The van der Waals surface area contributed by atoms with E-state index in [1.807, 2.05) is 0 Å². The average Bonchev–Trinajstić information content (AvgIpc) is 2.86. The fourth-order valence-electron chi connectivity index (χ4n) is 5.12. The van der Waals surface area contributed by atoms with Crippen LogP contribution in [0.4, 0.5) is 0 Å². The summed E-state index contributed by atoms with van der Waals surface area (Å²) in [6, 6.07) is 4.93. The highest BCUT2D eigenvalue weighted by Crippen LogP contribution is 2.59. The Labute approximate surface area is 115 Å². The molecule has 0 heteroatoms. The van der Waals surface area contributed by atoms with E-state index in [0.29, 0.717) is 0 Å². The van der Waals surface area contributed by atoms with Gasteiger partial charge >= 0.3 is 0 Å². The molecule has 0 bridgehead atoms. The Kier molecular flexibility index (Phi) is 2.00. The predicted octanol–water partition coefficient (Wildman–Crippen LogP) is 4.34. The molecule has 4 aliphatic rings. The molecule has 5 rings (SSSR count). The largest absolute Gasteiger partial charge is 0.0770 e. The fraction of sp³-hybridized carbons (Fsp3) is 0.474. The Bertz CT molecular complexity index is 617. The third-order valence-electron chi connectivity index (χ3n) is 5.99. The van der Waals surface area contributed by atoms with E-state index in [-0.39, 0.29) is 0 Å². The van der Waals surface area contributed by atoms with Crippen molar-refractivity contribution in [3.63, 3.8) is 0 Å². The lowest BCUT2D eigenvalue weighted by molar-refractivity contribution is 0.247. The summed E-state index contributed by atoms with van der Waals surface area (Å²) in [4.78, 5) is 0. The molecule has 1 saturated carbocycles. The van der Waals surface area contributed by atoms with Gasteiger partial charge in [-0.15, -0.1) is 0 Å². The summed E-state index contributed by atoms with van der Waals surface area (Å²) < 4.78 is 0. The third-order valence-corrected chi connectivity index (χ3v) is 5.99. The van der Waals surface area contributed by atoms with Crippen LogP contribution in [-0.4, -0.2) is 0 Å². The molecule has 0 aromatic heterocycles. The van der Waals surface area contributed by atoms with Gasteiger partial charge in [-0.05, 0) is 66.7 Å². The predicted molar refractivity (Wildman–Crippen MR) is 78.3 cm³/mol. The smallest absolute Gasteiger partial charge is 0.00972 e. The molecule has 19 heavy (non-hydrogen) atoms. The van der Waals surface area contributed by atoms with E-state index in [4.69, 9.17) is 0 Å². The SMILES string of the molecule is C1=CC2C(=C1)C1c3ccc4c(c3CCC21)CCCC4. The van der Waals surface area contributed by atoms with Crippen LogP contribution in [0.5, 0.6) is 0 Å². The lowest BCUT2D eigenvalue weighted by Crippen LogP contribution is -2.39. The molecule has 0 heterocycles. The number of fused-ring (bicyclic) bond motifs is 8. The first-order chi connectivity index (χ1) is 9.43. The van der Waals surface area contributed by atoms with Crippen molar-refractivity contribution in [1.82, 2.24) is 0 Å². The summed E-state index contributed by atoms with van der Waals surface area (Å²) >= 11 is 0. The minimum atomic E-state index is 0.774. The highest BCUT2D eigenvalue weighted by molar-refractivity contribution is 5.54. The topological polar surface area (TPSA) is 0 Å². The summed E-state index contributed by atoms with van der Waals surface area (Å²) in [6.45, 7) is 0. The standard InChI is InChI=1S/C19H20/c1-2-5-13-12(4-1)8-9-17-15(13)10-11-18-14-6-3-7-16(14)19(17)18/h3,6-9,14,18-19H,1-2,4-5,10-11H2. The molecule has 0 spiro atoms. The Morgan fingerprint density at radius 3 is 2.89 bits per heavy atom.